The van der Waals surface area contributed by atoms with Crippen molar-refractivity contribution >= 4 is 11.7 Å². The van der Waals surface area contributed by atoms with E-state index in [0.29, 0.717) is 5.82 Å². The third kappa shape index (κ3) is 2.22. The van der Waals surface area contributed by atoms with Gasteiger partial charge in [0, 0.05) is 19.3 Å². The molecule has 1 amide bonds. The van der Waals surface area contributed by atoms with Crippen LogP contribution in [0.15, 0.2) is 30.5 Å². The molecule has 0 bridgehead atoms. The van der Waals surface area contributed by atoms with Crippen LogP contribution in [0.2, 0.25) is 0 Å². The van der Waals surface area contributed by atoms with Crippen molar-refractivity contribution in [2.45, 2.75) is 0 Å². The molecule has 5 nitrogen and oxygen atoms in total. The molecule has 16 heavy (non-hydrogen) atoms. The van der Waals surface area contributed by atoms with Crippen LogP contribution in [0.3, 0.4) is 0 Å². The number of nitrogens with zero attached hydrogens (tertiary/aromatic N) is 3. The van der Waals surface area contributed by atoms with E-state index < -0.39 is 11.9 Å². The van der Waals surface area contributed by atoms with Gasteiger partial charge >= 0.3 is 0 Å². The number of hydrogen-bond acceptors (Lipinski definition) is 3. The third-order valence-corrected chi connectivity index (χ3v) is 1.90. The fourth-order valence-electron chi connectivity index (χ4n) is 1.20. The van der Waals surface area contributed by atoms with Crippen LogP contribution in [0.4, 0.5) is 10.2 Å². The maximum atomic E-state index is 12.8. The molecule has 0 radical (unpaired) electrons. The fraction of sp³-hybridized carbons (Fsp3) is 0.100. The lowest BCUT2D eigenvalue weighted by Crippen LogP contribution is -2.14. The Balaban J connectivity index is 2.14. The van der Waals surface area contributed by atoms with Gasteiger partial charge in [-0.1, -0.05) is 6.07 Å². The number of hydrogen-bond donors (Lipinski definition) is 1. The topological polar surface area (TPSA) is 59.8 Å². The molecule has 2 rings (SSSR count). The molecule has 2 aromatic heterocycles. The van der Waals surface area contributed by atoms with E-state index in [0.717, 1.165) is 0 Å². The summed E-state index contributed by atoms with van der Waals surface area (Å²) in [6.45, 7) is 0. The Hall–Kier alpha value is -2.24. The Morgan fingerprint density at radius 2 is 2.25 bits per heavy atom. The van der Waals surface area contributed by atoms with Gasteiger partial charge in [0.05, 0.1) is 0 Å². The largest absolute Gasteiger partial charge is 0.304 e. The summed E-state index contributed by atoms with van der Waals surface area (Å²) in [6, 6.07) is 5.67. The van der Waals surface area contributed by atoms with E-state index in [-0.39, 0.29) is 5.69 Å². The summed E-state index contributed by atoms with van der Waals surface area (Å²) in [4.78, 5) is 15.0. The maximum absolute atomic E-state index is 12.8. The Bertz CT molecular complexity index is 523. The second kappa shape index (κ2) is 4.09. The molecule has 0 aliphatic rings. The van der Waals surface area contributed by atoms with Crippen LogP contribution in [0, 0.1) is 5.95 Å². The van der Waals surface area contributed by atoms with Gasteiger partial charge in [-0.15, -0.1) is 0 Å². The van der Waals surface area contributed by atoms with E-state index >= 15 is 0 Å². The summed E-state index contributed by atoms with van der Waals surface area (Å²) in [5.41, 5.74) is 0.0191. The predicted molar refractivity (Wildman–Crippen MR) is 55.4 cm³/mol. The molecule has 6 heteroatoms. The SMILES string of the molecule is Cn1ccc(NC(=O)c2cccc(F)n2)n1. The first-order chi connectivity index (χ1) is 7.65. The van der Waals surface area contributed by atoms with E-state index in [1.54, 1.807) is 24.0 Å². The first kappa shape index (κ1) is 10.3. The van der Waals surface area contributed by atoms with Crippen molar-refractivity contribution in [1.29, 1.82) is 0 Å². The Kier molecular flexibility index (Phi) is 2.63. The van der Waals surface area contributed by atoms with Crippen LogP contribution < -0.4 is 5.32 Å². The van der Waals surface area contributed by atoms with E-state index in [1.807, 2.05) is 0 Å². The van der Waals surface area contributed by atoms with Gasteiger partial charge in [-0.3, -0.25) is 9.48 Å². The number of carbonyl (C=O) groups excluding carboxylic acids is 1. The average molecular weight is 220 g/mol. The van der Waals surface area contributed by atoms with Gasteiger partial charge in [0.15, 0.2) is 5.82 Å². The first-order valence-corrected chi connectivity index (χ1v) is 4.59. The van der Waals surface area contributed by atoms with Crippen molar-refractivity contribution in [1.82, 2.24) is 14.8 Å². The summed E-state index contributed by atoms with van der Waals surface area (Å²) in [6.07, 6.45) is 1.69. The molecule has 0 saturated carbocycles. The molecular weight excluding hydrogens is 211 g/mol. The van der Waals surface area contributed by atoms with E-state index in [4.69, 9.17) is 0 Å². The zero-order valence-corrected chi connectivity index (χ0v) is 8.51. The highest BCUT2D eigenvalue weighted by molar-refractivity contribution is 6.02. The highest BCUT2D eigenvalue weighted by atomic mass is 19.1. The van der Waals surface area contributed by atoms with Crippen LogP contribution in [-0.2, 0) is 7.05 Å². The molecule has 2 aromatic rings. The molecule has 1 N–H and O–H groups in total. The second-order valence-electron chi connectivity index (χ2n) is 3.17. The second-order valence-corrected chi connectivity index (χ2v) is 3.17. The monoisotopic (exact) mass is 220 g/mol. The highest BCUT2D eigenvalue weighted by Gasteiger charge is 2.09. The number of rotatable bonds is 2. The van der Waals surface area contributed by atoms with Gasteiger partial charge < -0.3 is 5.32 Å². The molecule has 0 fully saturated rings. The summed E-state index contributed by atoms with van der Waals surface area (Å²) >= 11 is 0. The highest BCUT2D eigenvalue weighted by Crippen LogP contribution is 2.04. The lowest BCUT2D eigenvalue weighted by molar-refractivity contribution is 0.102. The van der Waals surface area contributed by atoms with Crippen molar-refractivity contribution in [3.63, 3.8) is 0 Å². The molecule has 82 valence electrons. The molecule has 0 aliphatic carbocycles. The third-order valence-electron chi connectivity index (χ3n) is 1.90. The van der Waals surface area contributed by atoms with Crippen molar-refractivity contribution in [3.8, 4) is 0 Å². The van der Waals surface area contributed by atoms with Crippen LogP contribution in [0.25, 0.3) is 0 Å². The molecular formula is C10H9FN4O. The van der Waals surface area contributed by atoms with Gasteiger partial charge in [-0.2, -0.15) is 9.49 Å². The van der Waals surface area contributed by atoms with Crippen molar-refractivity contribution in [2.75, 3.05) is 5.32 Å². The van der Waals surface area contributed by atoms with E-state index in [9.17, 15) is 9.18 Å². The Morgan fingerprint density at radius 3 is 2.88 bits per heavy atom. The minimum Gasteiger partial charge on any atom is -0.304 e. The van der Waals surface area contributed by atoms with Gasteiger partial charge in [-0.05, 0) is 12.1 Å². The van der Waals surface area contributed by atoms with Crippen molar-refractivity contribution in [3.05, 3.63) is 42.1 Å². The number of anilines is 1. The lowest BCUT2D eigenvalue weighted by Gasteiger charge is -2.00. The Morgan fingerprint density at radius 1 is 1.44 bits per heavy atom. The minimum absolute atomic E-state index is 0.0191. The van der Waals surface area contributed by atoms with E-state index in [1.165, 1.54) is 18.2 Å². The number of aryl methyl sites for hydroxylation is 1. The fourth-order valence-corrected chi connectivity index (χ4v) is 1.20. The number of aromatic nitrogens is 3. The van der Waals surface area contributed by atoms with Gasteiger partial charge in [0.1, 0.15) is 5.69 Å². The quantitative estimate of drug-likeness (QED) is 0.774. The number of amides is 1. The molecule has 0 saturated heterocycles. The molecule has 2 heterocycles. The average Bonchev–Trinajstić information content (AvgIpc) is 2.64. The predicted octanol–water partition coefficient (Wildman–Crippen LogP) is 1.21. The zero-order valence-electron chi connectivity index (χ0n) is 8.51. The minimum atomic E-state index is -0.686. The number of halogens is 1. The summed E-state index contributed by atoms with van der Waals surface area (Å²) < 4.78 is 14.3. The normalized spacial score (nSPS) is 10.1. The maximum Gasteiger partial charge on any atom is 0.275 e. The molecule has 0 unspecified atom stereocenters. The summed E-state index contributed by atoms with van der Waals surface area (Å²) in [7, 11) is 1.73. The summed E-state index contributed by atoms with van der Waals surface area (Å²) in [5, 5.41) is 6.47. The number of nitrogens with one attached hydrogen (secondary N) is 1. The van der Waals surface area contributed by atoms with E-state index in [2.05, 4.69) is 15.4 Å². The van der Waals surface area contributed by atoms with Crippen molar-refractivity contribution < 1.29 is 9.18 Å². The lowest BCUT2D eigenvalue weighted by atomic mass is 10.3. The zero-order chi connectivity index (χ0) is 11.5. The molecule has 0 aliphatic heterocycles. The molecule has 0 atom stereocenters. The molecule has 0 aromatic carbocycles. The smallest absolute Gasteiger partial charge is 0.275 e. The van der Waals surface area contributed by atoms with Crippen LogP contribution in [-0.4, -0.2) is 20.7 Å². The van der Waals surface area contributed by atoms with Crippen LogP contribution >= 0.6 is 0 Å². The van der Waals surface area contributed by atoms with Gasteiger partial charge in [0.25, 0.3) is 5.91 Å². The summed E-state index contributed by atoms with van der Waals surface area (Å²) in [5.74, 6) is -0.773. The molecule has 0 spiro atoms. The number of pyridine rings is 1. The van der Waals surface area contributed by atoms with Crippen molar-refractivity contribution in [2.24, 2.45) is 7.05 Å². The van der Waals surface area contributed by atoms with Gasteiger partial charge in [-0.25, -0.2) is 4.98 Å². The van der Waals surface area contributed by atoms with Crippen LogP contribution in [0.5, 0.6) is 0 Å². The first-order valence-electron chi connectivity index (χ1n) is 4.59. The standard InChI is InChI=1S/C10H9FN4O/c1-15-6-5-9(14-15)13-10(16)7-3-2-4-8(11)12-7/h2-6H,1H3,(H,13,14,16). The van der Waals surface area contributed by atoms with Crippen LogP contribution in [0.1, 0.15) is 10.5 Å². The number of carbonyl (C=O) groups is 1. The Labute approximate surface area is 90.9 Å². The van der Waals surface area contributed by atoms with Gasteiger partial charge in [0.2, 0.25) is 5.95 Å².